The van der Waals surface area contributed by atoms with E-state index in [0.29, 0.717) is 0 Å². The Balaban J connectivity index is 2.17. The van der Waals surface area contributed by atoms with E-state index in [4.69, 9.17) is 0 Å². The monoisotopic (exact) mass is 378 g/mol. The molecule has 1 N–H and O–H groups in total. The summed E-state index contributed by atoms with van der Waals surface area (Å²) in [6.45, 7) is 5.36. The van der Waals surface area contributed by atoms with Crippen LogP contribution in [0.1, 0.15) is 29.7 Å². The van der Waals surface area contributed by atoms with Crippen LogP contribution >= 0.6 is 0 Å². The lowest BCUT2D eigenvalue weighted by atomic mass is 10.0. The molecule has 1 unspecified atom stereocenters. The molecular formula is C19H23FN2O3S. The Kier molecular flexibility index (Phi) is 6.02. The summed E-state index contributed by atoms with van der Waals surface area (Å²) in [5.74, 6) is -1.03. The summed E-state index contributed by atoms with van der Waals surface area (Å²) in [6, 6.07) is 10.8. The molecule has 0 aliphatic rings. The van der Waals surface area contributed by atoms with Crippen molar-refractivity contribution < 1.29 is 17.6 Å². The number of rotatable bonds is 6. The first-order chi connectivity index (χ1) is 12.1. The van der Waals surface area contributed by atoms with Crippen LogP contribution in [0, 0.1) is 19.7 Å². The number of aryl methyl sites for hydroxylation is 2. The predicted molar refractivity (Wildman–Crippen MR) is 101 cm³/mol. The van der Waals surface area contributed by atoms with E-state index in [1.807, 2.05) is 39.0 Å². The number of hydrogen-bond acceptors (Lipinski definition) is 3. The van der Waals surface area contributed by atoms with Gasteiger partial charge in [-0.1, -0.05) is 29.8 Å². The molecule has 1 amide bonds. The third-order valence-electron chi connectivity index (χ3n) is 4.05. The Morgan fingerprint density at radius 2 is 1.88 bits per heavy atom. The SMILES string of the molecule is Cc1ccc(C(C)NC(=O)CN(c2cccc(F)c2)S(C)(=O)=O)c(C)c1. The molecule has 140 valence electrons. The number of carbonyl (C=O) groups is 1. The zero-order valence-corrected chi connectivity index (χ0v) is 16.1. The maximum Gasteiger partial charge on any atom is 0.241 e. The van der Waals surface area contributed by atoms with Crippen molar-refractivity contribution in [2.45, 2.75) is 26.8 Å². The van der Waals surface area contributed by atoms with Crippen molar-refractivity contribution in [3.63, 3.8) is 0 Å². The van der Waals surface area contributed by atoms with Gasteiger partial charge in [0.1, 0.15) is 12.4 Å². The van der Waals surface area contributed by atoms with Gasteiger partial charge in [0.2, 0.25) is 15.9 Å². The van der Waals surface area contributed by atoms with Crippen LogP contribution in [0.25, 0.3) is 0 Å². The summed E-state index contributed by atoms with van der Waals surface area (Å²) in [4.78, 5) is 12.4. The van der Waals surface area contributed by atoms with Crippen LogP contribution in [0.2, 0.25) is 0 Å². The average molecular weight is 378 g/mol. The van der Waals surface area contributed by atoms with E-state index in [2.05, 4.69) is 5.32 Å². The third kappa shape index (κ3) is 5.05. The molecule has 0 bridgehead atoms. The molecule has 7 heteroatoms. The Bertz CT molecular complexity index is 913. The molecule has 0 aromatic heterocycles. The fraction of sp³-hybridized carbons (Fsp3) is 0.316. The Morgan fingerprint density at radius 3 is 2.46 bits per heavy atom. The normalized spacial score (nSPS) is 12.5. The second kappa shape index (κ2) is 7.86. The maximum absolute atomic E-state index is 13.4. The molecule has 26 heavy (non-hydrogen) atoms. The van der Waals surface area contributed by atoms with E-state index >= 15 is 0 Å². The van der Waals surface area contributed by atoms with Crippen molar-refractivity contribution in [3.8, 4) is 0 Å². The lowest BCUT2D eigenvalue weighted by Crippen LogP contribution is -2.41. The maximum atomic E-state index is 13.4. The number of nitrogens with one attached hydrogen (secondary N) is 1. The van der Waals surface area contributed by atoms with Crippen molar-refractivity contribution in [2.75, 3.05) is 17.1 Å². The molecule has 0 saturated heterocycles. The number of hydrogen-bond donors (Lipinski definition) is 1. The van der Waals surface area contributed by atoms with Crippen molar-refractivity contribution in [3.05, 3.63) is 65.0 Å². The molecule has 2 rings (SSSR count). The third-order valence-corrected chi connectivity index (χ3v) is 5.19. The highest BCUT2D eigenvalue weighted by molar-refractivity contribution is 7.92. The van der Waals surface area contributed by atoms with Gasteiger partial charge in [0.15, 0.2) is 0 Å². The van der Waals surface area contributed by atoms with E-state index in [0.717, 1.165) is 33.3 Å². The van der Waals surface area contributed by atoms with Gasteiger partial charge < -0.3 is 5.32 Å². The van der Waals surface area contributed by atoms with Gasteiger partial charge in [0.25, 0.3) is 0 Å². The first-order valence-corrected chi connectivity index (χ1v) is 10.0. The average Bonchev–Trinajstić information content (AvgIpc) is 2.51. The predicted octanol–water partition coefficient (Wildman–Crippen LogP) is 3.09. The Labute approximate surface area is 153 Å². The fourth-order valence-electron chi connectivity index (χ4n) is 2.84. The summed E-state index contributed by atoms with van der Waals surface area (Å²) in [6.07, 6.45) is 0.985. The number of sulfonamides is 1. The van der Waals surface area contributed by atoms with Crippen LogP contribution in [0.5, 0.6) is 0 Å². The van der Waals surface area contributed by atoms with Gasteiger partial charge >= 0.3 is 0 Å². The molecule has 1 atom stereocenters. The molecule has 2 aromatic carbocycles. The van der Waals surface area contributed by atoms with E-state index in [-0.39, 0.29) is 11.7 Å². The standard InChI is InChI=1S/C19H23FN2O3S/c1-13-8-9-18(14(2)10-13)15(3)21-19(23)12-22(26(4,24)25)17-7-5-6-16(20)11-17/h5-11,15H,12H2,1-4H3,(H,21,23). The lowest BCUT2D eigenvalue weighted by molar-refractivity contribution is -0.120. The minimum Gasteiger partial charge on any atom is -0.348 e. The van der Waals surface area contributed by atoms with Crippen molar-refractivity contribution in [1.82, 2.24) is 5.32 Å². The molecule has 0 fully saturated rings. The molecule has 0 spiro atoms. The van der Waals surface area contributed by atoms with E-state index in [9.17, 15) is 17.6 Å². The zero-order chi connectivity index (χ0) is 19.5. The fourth-order valence-corrected chi connectivity index (χ4v) is 3.69. The first kappa shape index (κ1) is 19.9. The van der Waals surface area contributed by atoms with Gasteiger partial charge in [0.05, 0.1) is 18.0 Å². The van der Waals surface area contributed by atoms with Crippen LogP contribution in [0.15, 0.2) is 42.5 Å². The Hall–Kier alpha value is -2.41. The van der Waals surface area contributed by atoms with Crippen LogP contribution in [-0.2, 0) is 14.8 Å². The summed E-state index contributed by atoms with van der Waals surface area (Å²) >= 11 is 0. The second-order valence-electron chi connectivity index (χ2n) is 6.40. The number of amides is 1. The van der Waals surface area contributed by atoms with Crippen LogP contribution in [0.3, 0.4) is 0 Å². The van der Waals surface area contributed by atoms with E-state index < -0.39 is 28.3 Å². The van der Waals surface area contributed by atoms with Gasteiger partial charge in [-0.25, -0.2) is 12.8 Å². The second-order valence-corrected chi connectivity index (χ2v) is 8.31. The highest BCUT2D eigenvalue weighted by Crippen LogP contribution is 2.20. The molecule has 0 saturated carbocycles. The van der Waals surface area contributed by atoms with Crippen LogP contribution in [0.4, 0.5) is 10.1 Å². The molecular weight excluding hydrogens is 355 g/mol. The number of nitrogens with zero attached hydrogens (tertiary/aromatic N) is 1. The smallest absolute Gasteiger partial charge is 0.241 e. The summed E-state index contributed by atoms with van der Waals surface area (Å²) in [7, 11) is -3.74. The Morgan fingerprint density at radius 1 is 1.19 bits per heavy atom. The molecule has 0 heterocycles. The minimum atomic E-state index is -3.74. The van der Waals surface area contributed by atoms with Crippen LogP contribution in [-0.4, -0.2) is 27.1 Å². The van der Waals surface area contributed by atoms with Crippen molar-refractivity contribution >= 4 is 21.6 Å². The van der Waals surface area contributed by atoms with Gasteiger partial charge in [-0.3, -0.25) is 9.10 Å². The minimum absolute atomic E-state index is 0.113. The number of halogens is 1. The molecule has 2 aromatic rings. The molecule has 0 radical (unpaired) electrons. The van der Waals surface area contributed by atoms with Gasteiger partial charge in [-0.15, -0.1) is 0 Å². The summed E-state index contributed by atoms with van der Waals surface area (Å²) in [5.41, 5.74) is 3.24. The summed E-state index contributed by atoms with van der Waals surface area (Å²) < 4.78 is 38.4. The van der Waals surface area contributed by atoms with Crippen LogP contribution < -0.4 is 9.62 Å². The first-order valence-electron chi connectivity index (χ1n) is 8.17. The highest BCUT2D eigenvalue weighted by atomic mass is 32.2. The largest absolute Gasteiger partial charge is 0.348 e. The molecule has 0 aliphatic carbocycles. The molecule has 5 nitrogen and oxygen atoms in total. The lowest BCUT2D eigenvalue weighted by Gasteiger charge is -2.23. The molecule has 0 aliphatic heterocycles. The topological polar surface area (TPSA) is 66.5 Å². The van der Waals surface area contributed by atoms with Gasteiger partial charge in [-0.2, -0.15) is 0 Å². The van der Waals surface area contributed by atoms with Crippen molar-refractivity contribution in [1.29, 1.82) is 0 Å². The van der Waals surface area contributed by atoms with Gasteiger partial charge in [0, 0.05) is 0 Å². The number of benzene rings is 2. The number of anilines is 1. The van der Waals surface area contributed by atoms with E-state index in [1.54, 1.807) is 0 Å². The van der Waals surface area contributed by atoms with E-state index in [1.165, 1.54) is 18.2 Å². The van der Waals surface area contributed by atoms with Gasteiger partial charge in [-0.05, 0) is 50.1 Å². The summed E-state index contributed by atoms with van der Waals surface area (Å²) in [5, 5.41) is 2.80. The number of carbonyl (C=O) groups excluding carboxylic acids is 1. The zero-order valence-electron chi connectivity index (χ0n) is 15.3. The quantitative estimate of drug-likeness (QED) is 0.840. The highest BCUT2D eigenvalue weighted by Gasteiger charge is 2.22. The van der Waals surface area contributed by atoms with Crippen molar-refractivity contribution in [2.24, 2.45) is 0 Å².